The summed E-state index contributed by atoms with van der Waals surface area (Å²) < 4.78 is 77.5. The normalized spacial score (nSPS) is 13.7. The molecular formula is C18H16F6N4O. The lowest BCUT2D eigenvalue weighted by molar-refractivity contribution is -0.143. The summed E-state index contributed by atoms with van der Waals surface area (Å²) in [6, 6.07) is 7.92. The number of carbonyl (C=O) groups is 1. The number of rotatable bonds is 3. The van der Waals surface area contributed by atoms with E-state index in [0.717, 1.165) is 0 Å². The Balaban J connectivity index is 0.000000941. The molecule has 29 heavy (non-hydrogen) atoms. The van der Waals surface area contributed by atoms with Crippen LogP contribution in [0, 0.1) is 0 Å². The molecule has 4 N–H and O–H groups in total. The molecule has 11 heteroatoms. The topological polar surface area (TPSA) is 79.5 Å². The number of benzene rings is 2. The van der Waals surface area contributed by atoms with Crippen LogP contribution in [0.15, 0.2) is 47.5 Å². The van der Waals surface area contributed by atoms with E-state index in [4.69, 9.17) is 4.79 Å². The molecule has 0 aromatic heterocycles. The van der Waals surface area contributed by atoms with Crippen LogP contribution in [0.4, 0.5) is 37.7 Å². The number of amides is 1. The van der Waals surface area contributed by atoms with Gasteiger partial charge in [-0.25, -0.2) is 0 Å². The van der Waals surface area contributed by atoms with Crippen molar-refractivity contribution in [1.29, 1.82) is 0 Å². The second kappa shape index (κ2) is 8.84. The lowest BCUT2D eigenvalue weighted by atomic mass is 10.1. The van der Waals surface area contributed by atoms with Crippen LogP contribution in [-0.2, 0) is 17.1 Å². The van der Waals surface area contributed by atoms with Gasteiger partial charge in [-0.05, 0) is 30.3 Å². The van der Waals surface area contributed by atoms with E-state index in [2.05, 4.69) is 21.4 Å². The fourth-order valence-electron chi connectivity index (χ4n) is 2.53. The smallest absolute Gasteiger partial charge is 0.372 e. The highest BCUT2D eigenvalue weighted by Gasteiger charge is 2.36. The zero-order chi connectivity index (χ0) is 21.7. The molecule has 0 aliphatic carbocycles. The molecule has 3 rings (SSSR count). The first-order valence-electron chi connectivity index (χ1n) is 8.15. The largest absolute Gasteiger partial charge is 0.416 e. The Kier molecular flexibility index (Phi) is 6.72. The van der Waals surface area contributed by atoms with Crippen LogP contribution in [0.2, 0.25) is 0 Å². The highest BCUT2D eigenvalue weighted by molar-refractivity contribution is 6.00. The second-order valence-corrected chi connectivity index (χ2v) is 5.79. The second-order valence-electron chi connectivity index (χ2n) is 5.79. The fraction of sp³-hybridized carbons (Fsp3) is 0.222. The van der Waals surface area contributed by atoms with Gasteiger partial charge in [-0.15, -0.1) is 0 Å². The third-order valence-electron chi connectivity index (χ3n) is 3.69. The average molecular weight is 418 g/mol. The SMILES string of the molecule is FC(F)(F)c1cc(Nc2cccc(C3=NCCN3)c2)cc(C(F)(F)F)c1.NC=O. The van der Waals surface area contributed by atoms with Crippen molar-refractivity contribution >= 4 is 23.6 Å². The van der Waals surface area contributed by atoms with Crippen LogP contribution in [0.3, 0.4) is 0 Å². The first kappa shape index (κ1) is 22.1. The maximum atomic E-state index is 12.9. The summed E-state index contributed by atoms with van der Waals surface area (Å²) in [7, 11) is 0. The van der Waals surface area contributed by atoms with E-state index in [1.54, 1.807) is 24.3 Å². The number of primary amides is 1. The van der Waals surface area contributed by atoms with E-state index in [0.29, 0.717) is 42.3 Å². The molecule has 0 saturated heterocycles. The van der Waals surface area contributed by atoms with Crippen LogP contribution >= 0.6 is 0 Å². The molecule has 0 spiro atoms. The molecule has 156 valence electrons. The molecule has 1 heterocycles. The van der Waals surface area contributed by atoms with Gasteiger partial charge in [0.25, 0.3) is 0 Å². The molecule has 2 aromatic rings. The zero-order valence-electron chi connectivity index (χ0n) is 14.7. The Morgan fingerprint density at radius 1 is 0.966 bits per heavy atom. The van der Waals surface area contributed by atoms with E-state index < -0.39 is 23.5 Å². The summed E-state index contributed by atoms with van der Waals surface area (Å²) in [6.07, 6.45) is -9.52. The maximum absolute atomic E-state index is 12.9. The van der Waals surface area contributed by atoms with Crippen molar-refractivity contribution in [3.8, 4) is 0 Å². The van der Waals surface area contributed by atoms with Crippen molar-refractivity contribution in [2.24, 2.45) is 10.7 Å². The van der Waals surface area contributed by atoms with Gasteiger partial charge in [0.1, 0.15) is 5.84 Å². The Morgan fingerprint density at radius 2 is 1.55 bits per heavy atom. The van der Waals surface area contributed by atoms with Gasteiger partial charge in [-0.2, -0.15) is 26.3 Å². The van der Waals surface area contributed by atoms with Crippen LogP contribution in [0.5, 0.6) is 0 Å². The molecule has 0 bridgehead atoms. The van der Waals surface area contributed by atoms with Crippen LogP contribution in [-0.4, -0.2) is 25.3 Å². The van der Waals surface area contributed by atoms with Gasteiger partial charge in [0.05, 0.1) is 17.7 Å². The van der Waals surface area contributed by atoms with E-state index in [1.807, 2.05) is 0 Å². The molecule has 1 amide bonds. The number of nitrogens with one attached hydrogen (secondary N) is 2. The molecule has 5 nitrogen and oxygen atoms in total. The summed E-state index contributed by atoms with van der Waals surface area (Å²) in [5, 5.41) is 5.66. The van der Waals surface area contributed by atoms with Crippen molar-refractivity contribution < 1.29 is 31.1 Å². The number of aliphatic imine (C=N–C) groups is 1. The number of alkyl halides is 6. The zero-order valence-corrected chi connectivity index (χ0v) is 14.7. The minimum atomic E-state index is -4.89. The minimum Gasteiger partial charge on any atom is -0.372 e. The molecule has 0 fully saturated rings. The Hall–Kier alpha value is -3.24. The lowest BCUT2D eigenvalue weighted by Crippen LogP contribution is -2.19. The highest BCUT2D eigenvalue weighted by atomic mass is 19.4. The quantitative estimate of drug-likeness (QED) is 0.522. The number of amidine groups is 1. The molecule has 1 aliphatic heterocycles. The maximum Gasteiger partial charge on any atom is 0.416 e. The van der Waals surface area contributed by atoms with E-state index >= 15 is 0 Å². The van der Waals surface area contributed by atoms with Crippen LogP contribution in [0.1, 0.15) is 16.7 Å². The number of carbonyl (C=O) groups excluding carboxylic acids is 1. The number of hydrogen-bond donors (Lipinski definition) is 3. The van der Waals surface area contributed by atoms with Crippen molar-refractivity contribution in [3.63, 3.8) is 0 Å². The van der Waals surface area contributed by atoms with Crippen molar-refractivity contribution in [1.82, 2.24) is 5.32 Å². The van der Waals surface area contributed by atoms with E-state index in [9.17, 15) is 26.3 Å². The highest BCUT2D eigenvalue weighted by Crippen LogP contribution is 2.38. The Labute approximate surface area is 161 Å². The number of anilines is 2. The Bertz CT molecular complexity index is 860. The van der Waals surface area contributed by atoms with Crippen LogP contribution in [0.25, 0.3) is 0 Å². The monoisotopic (exact) mass is 418 g/mol. The van der Waals surface area contributed by atoms with Gasteiger partial charge in [-0.3, -0.25) is 9.79 Å². The van der Waals surface area contributed by atoms with Crippen molar-refractivity contribution in [2.75, 3.05) is 18.4 Å². The van der Waals surface area contributed by atoms with Gasteiger partial charge < -0.3 is 16.4 Å². The first-order valence-corrected chi connectivity index (χ1v) is 8.15. The minimum absolute atomic E-state index is 0.0960. The third-order valence-corrected chi connectivity index (χ3v) is 3.69. The van der Waals surface area contributed by atoms with Gasteiger partial charge in [-0.1, -0.05) is 12.1 Å². The first-order chi connectivity index (χ1) is 13.5. The summed E-state index contributed by atoms with van der Waals surface area (Å²) in [6.45, 7) is 1.28. The Morgan fingerprint density at radius 3 is 2.03 bits per heavy atom. The van der Waals surface area contributed by atoms with Gasteiger partial charge in [0.15, 0.2) is 0 Å². The summed E-state index contributed by atoms with van der Waals surface area (Å²) in [5.41, 5.74) is 2.17. The molecule has 0 atom stereocenters. The summed E-state index contributed by atoms with van der Waals surface area (Å²) >= 11 is 0. The number of nitrogens with zero attached hydrogens (tertiary/aromatic N) is 1. The lowest BCUT2D eigenvalue weighted by Gasteiger charge is -2.15. The van der Waals surface area contributed by atoms with E-state index in [-0.39, 0.29) is 18.2 Å². The molecule has 0 saturated carbocycles. The van der Waals surface area contributed by atoms with Gasteiger partial charge in [0, 0.05) is 23.5 Å². The van der Waals surface area contributed by atoms with E-state index in [1.165, 1.54) is 0 Å². The number of nitrogens with two attached hydrogens (primary N) is 1. The van der Waals surface area contributed by atoms with Crippen LogP contribution < -0.4 is 16.4 Å². The average Bonchev–Trinajstić information content (AvgIpc) is 3.16. The molecular weight excluding hydrogens is 402 g/mol. The predicted octanol–water partition coefficient (Wildman–Crippen LogP) is 3.92. The van der Waals surface area contributed by atoms with Crippen molar-refractivity contribution in [3.05, 3.63) is 59.2 Å². The number of halogens is 6. The number of hydrogen-bond acceptors (Lipinski definition) is 4. The van der Waals surface area contributed by atoms with Gasteiger partial charge >= 0.3 is 12.4 Å². The van der Waals surface area contributed by atoms with Gasteiger partial charge in [0.2, 0.25) is 6.41 Å². The third kappa shape index (κ3) is 6.13. The predicted molar refractivity (Wildman–Crippen MR) is 95.8 cm³/mol. The molecule has 2 aromatic carbocycles. The molecule has 1 aliphatic rings. The summed E-state index contributed by atoms with van der Waals surface area (Å²) in [5.74, 6) is 0.633. The fourth-order valence-corrected chi connectivity index (χ4v) is 2.53. The molecule has 0 unspecified atom stereocenters. The molecule has 0 radical (unpaired) electrons. The van der Waals surface area contributed by atoms with Crippen molar-refractivity contribution in [2.45, 2.75) is 12.4 Å². The standard InChI is InChI=1S/C17H13F6N3.CH3NO/c18-16(19,20)11-7-12(17(21,22)23)9-14(8-11)26-13-3-1-2-10(6-13)15-24-4-5-25-15;2-1-3/h1-3,6-9,26H,4-5H2,(H,24,25);1H,(H2,2,3). The summed E-state index contributed by atoms with van der Waals surface area (Å²) in [4.78, 5) is 12.8.